The molecule has 0 spiro atoms. The van der Waals surface area contributed by atoms with E-state index in [1.54, 1.807) is 14.0 Å². The molecular weight excluding hydrogens is 357 g/mol. The summed E-state index contributed by atoms with van der Waals surface area (Å²) < 4.78 is 44.7. The second-order valence-corrected chi connectivity index (χ2v) is 6.43. The highest BCUT2D eigenvalue weighted by Gasteiger charge is 2.33. The van der Waals surface area contributed by atoms with Gasteiger partial charge < -0.3 is 15.0 Å². The first-order chi connectivity index (χ1) is 12.6. The van der Waals surface area contributed by atoms with Gasteiger partial charge in [-0.1, -0.05) is 35.9 Å². The number of amides is 2. The Labute approximate surface area is 156 Å². The lowest BCUT2D eigenvalue weighted by Crippen LogP contribution is -2.38. The van der Waals surface area contributed by atoms with Crippen LogP contribution in [0.1, 0.15) is 35.2 Å². The molecule has 7 heteroatoms. The maximum atomic E-state index is 13.1. The molecule has 0 fully saturated rings. The van der Waals surface area contributed by atoms with E-state index in [0.29, 0.717) is 5.75 Å². The number of nitrogens with zero attached hydrogens (tertiary/aromatic N) is 1. The molecule has 27 heavy (non-hydrogen) atoms. The molecule has 0 aliphatic rings. The highest BCUT2D eigenvalue weighted by Crippen LogP contribution is 2.32. The maximum Gasteiger partial charge on any atom is 0.416 e. The average Bonchev–Trinajstić information content (AvgIpc) is 2.61. The van der Waals surface area contributed by atoms with Crippen molar-refractivity contribution < 1.29 is 22.7 Å². The third-order valence-corrected chi connectivity index (χ3v) is 4.27. The number of benzene rings is 2. The Balaban J connectivity index is 2.12. The SMILES string of the molecule is COc1ccc(C)cc1C(C)NC(=O)N(C)Cc1ccccc1C(F)(F)F. The molecule has 4 nitrogen and oxygen atoms in total. The molecule has 1 N–H and O–H groups in total. The Hall–Kier alpha value is -2.70. The molecule has 0 aliphatic carbocycles. The fourth-order valence-electron chi connectivity index (χ4n) is 2.83. The number of carbonyl (C=O) groups excluding carboxylic acids is 1. The van der Waals surface area contributed by atoms with Crippen molar-refractivity contribution in [1.29, 1.82) is 0 Å². The van der Waals surface area contributed by atoms with Gasteiger partial charge in [0.1, 0.15) is 5.75 Å². The van der Waals surface area contributed by atoms with Crippen LogP contribution >= 0.6 is 0 Å². The third kappa shape index (κ3) is 5.15. The van der Waals surface area contributed by atoms with E-state index < -0.39 is 17.8 Å². The molecule has 0 radical (unpaired) electrons. The van der Waals surface area contributed by atoms with Crippen LogP contribution in [0.3, 0.4) is 0 Å². The second-order valence-electron chi connectivity index (χ2n) is 6.43. The van der Waals surface area contributed by atoms with E-state index in [-0.39, 0.29) is 18.2 Å². The number of alkyl halides is 3. The normalized spacial score (nSPS) is 12.4. The van der Waals surface area contributed by atoms with Crippen LogP contribution in [-0.2, 0) is 12.7 Å². The fraction of sp³-hybridized carbons (Fsp3) is 0.350. The predicted molar refractivity (Wildman–Crippen MR) is 97.6 cm³/mol. The number of methoxy groups -OCH3 is 1. The second kappa shape index (κ2) is 8.33. The molecule has 0 saturated heterocycles. The molecular formula is C20H23F3N2O2. The van der Waals surface area contributed by atoms with Gasteiger partial charge in [0.25, 0.3) is 0 Å². The minimum absolute atomic E-state index is 0.0449. The van der Waals surface area contributed by atoms with Crippen LogP contribution in [0, 0.1) is 6.92 Å². The molecule has 2 rings (SSSR count). The van der Waals surface area contributed by atoms with E-state index in [2.05, 4.69) is 5.32 Å². The van der Waals surface area contributed by atoms with Crippen LogP contribution < -0.4 is 10.1 Å². The summed E-state index contributed by atoms with van der Waals surface area (Å²) in [5, 5.41) is 2.80. The number of nitrogens with one attached hydrogen (secondary N) is 1. The van der Waals surface area contributed by atoms with E-state index in [0.717, 1.165) is 17.2 Å². The van der Waals surface area contributed by atoms with Gasteiger partial charge in [0.15, 0.2) is 0 Å². The van der Waals surface area contributed by atoms with Crippen molar-refractivity contribution in [3.63, 3.8) is 0 Å². The molecule has 1 atom stereocenters. The van der Waals surface area contributed by atoms with Crippen LogP contribution in [0.15, 0.2) is 42.5 Å². The lowest BCUT2D eigenvalue weighted by Gasteiger charge is -2.24. The minimum atomic E-state index is -4.46. The Kier molecular flexibility index (Phi) is 6.36. The largest absolute Gasteiger partial charge is 0.496 e. The topological polar surface area (TPSA) is 41.6 Å². The number of hydrogen-bond acceptors (Lipinski definition) is 2. The Morgan fingerprint density at radius 2 is 1.89 bits per heavy atom. The van der Waals surface area contributed by atoms with Gasteiger partial charge in [0, 0.05) is 19.2 Å². The molecule has 0 heterocycles. The summed E-state index contributed by atoms with van der Waals surface area (Å²) in [7, 11) is 3.01. The number of ether oxygens (including phenoxy) is 1. The standard InChI is InChI=1S/C20H23F3N2O2/c1-13-9-10-18(27-4)16(11-13)14(2)24-19(26)25(3)12-15-7-5-6-8-17(15)20(21,22)23/h5-11,14H,12H2,1-4H3,(H,24,26). The zero-order valence-electron chi connectivity index (χ0n) is 15.7. The van der Waals surface area contributed by atoms with Crippen LogP contribution in [0.4, 0.5) is 18.0 Å². The van der Waals surface area contributed by atoms with Crippen molar-refractivity contribution in [3.05, 3.63) is 64.7 Å². The van der Waals surface area contributed by atoms with E-state index in [4.69, 9.17) is 4.74 Å². The first-order valence-corrected chi connectivity index (χ1v) is 8.44. The van der Waals surface area contributed by atoms with Crippen molar-refractivity contribution in [2.75, 3.05) is 14.2 Å². The van der Waals surface area contributed by atoms with Gasteiger partial charge in [-0.15, -0.1) is 0 Å². The van der Waals surface area contributed by atoms with Gasteiger partial charge in [0.2, 0.25) is 0 Å². The van der Waals surface area contributed by atoms with E-state index >= 15 is 0 Å². The molecule has 0 bridgehead atoms. The molecule has 2 amide bonds. The minimum Gasteiger partial charge on any atom is -0.496 e. The van der Waals surface area contributed by atoms with Gasteiger partial charge in [-0.25, -0.2) is 4.79 Å². The maximum absolute atomic E-state index is 13.1. The summed E-state index contributed by atoms with van der Waals surface area (Å²) in [4.78, 5) is 13.7. The molecule has 0 aromatic heterocycles. The molecule has 0 aliphatic heterocycles. The predicted octanol–water partition coefficient (Wildman–Crippen LogP) is 4.93. The third-order valence-electron chi connectivity index (χ3n) is 4.27. The Bertz CT molecular complexity index is 806. The van der Waals surface area contributed by atoms with E-state index in [1.165, 1.54) is 30.1 Å². The number of rotatable bonds is 5. The monoisotopic (exact) mass is 380 g/mol. The van der Waals surface area contributed by atoms with E-state index in [9.17, 15) is 18.0 Å². The quantitative estimate of drug-likeness (QED) is 0.800. The summed E-state index contributed by atoms with van der Waals surface area (Å²) in [5.74, 6) is 0.637. The van der Waals surface area contributed by atoms with Crippen molar-refractivity contribution in [1.82, 2.24) is 10.2 Å². The van der Waals surface area contributed by atoms with Crippen molar-refractivity contribution >= 4 is 6.03 Å². The zero-order chi connectivity index (χ0) is 20.2. The summed E-state index contributed by atoms with van der Waals surface area (Å²) in [6.45, 7) is 3.57. The molecule has 0 saturated carbocycles. The van der Waals surface area contributed by atoms with Crippen LogP contribution in [0.25, 0.3) is 0 Å². The number of carbonyl (C=O) groups is 1. The summed E-state index contributed by atoms with van der Waals surface area (Å²) in [5.41, 5.74) is 1.12. The van der Waals surface area contributed by atoms with E-state index in [1.807, 2.05) is 25.1 Å². The molecule has 2 aromatic rings. The lowest BCUT2D eigenvalue weighted by atomic mass is 10.0. The number of urea groups is 1. The van der Waals surface area contributed by atoms with Crippen molar-refractivity contribution in [2.24, 2.45) is 0 Å². The van der Waals surface area contributed by atoms with Gasteiger partial charge in [0.05, 0.1) is 18.7 Å². The molecule has 2 aromatic carbocycles. The summed E-state index contributed by atoms with van der Waals surface area (Å²) in [6, 6.07) is 10.0. The number of aryl methyl sites for hydroxylation is 1. The van der Waals surface area contributed by atoms with Crippen molar-refractivity contribution in [3.8, 4) is 5.75 Å². The van der Waals surface area contributed by atoms with Gasteiger partial charge in [-0.2, -0.15) is 13.2 Å². The first kappa shape index (κ1) is 20.6. The highest BCUT2D eigenvalue weighted by atomic mass is 19.4. The highest BCUT2D eigenvalue weighted by molar-refractivity contribution is 5.74. The molecule has 1 unspecified atom stereocenters. The Morgan fingerprint density at radius 3 is 2.52 bits per heavy atom. The lowest BCUT2D eigenvalue weighted by molar-refractivity contribution is -0.138. The molecule has 146 valence electrons. The Morgan fingerprint density at radius 1 is 1.22 bits per heavy atom. The van der Waals surface area contributed by atoms with Gasteiger partial charge >= 0.3 is 12.2 Å². The average molecular weight is 380 g/mol. The summed E-state index contributed by atoms with van der Waals surface area (Å²) in [6.07, 6.45) is -4.46. The zero-order valence-corrected chi connectivity index (χ0v) is 15.7. The smallest absolute Gasteiger partial charge is 0.416 e. The van der Waals surface area contributed by atoms with Gasteiger partial charge in [-0.3, -0.25) is 0 Å². The van der Waals surface area contributed by atoms with Crippen LogP contribution in [-0.4, -0.2) is 25.1 Å². The number of halogens is 3. The van der Waals surface area contributed by atoms with Gasteiger partial charge in [-0.05, 0) is 31.5 Å². The fourth-order valence-corrected chi connectivity index (χ4v) is 2.83. The number of hydrogen-bond donors (Lipinski definition) is 1. The first-order valence-electron chi connectivity index (χ1n) is 8.44. The van der Waals surface area contributed by atoms with Crippen LogP contribution in [0.5, 0.6) is 5.75 Å². The van der Waals surface area contributed by atoms with Crippen LogP contribution in [0.2, 0.25) is 0 Å². The van der Waals surface area contributed by atoms with Crippen molar-refractivity contribution in [2.45, 2.75) is 32.6 Å². The summed E-state index contributed by atoms with van der Waals surface area (Å²) >= 11 is 0.